The van der Waals surface area contributed by atoms with Crippen LogP contribution in [0.5, 0.6) is 17.2 Å². The van der Waals surface area contributed by atoms with E-state index in [-0.39, 0.29) is 4.90 Å². The minimum absolute atomic E-state index is 0.0376. The molecule has 0 fully saturated rings. The Morgan fingerprint density at radius 3 is 2.03 bits per heavy atom. The van der Waals surface area contributed by atoms with Crippen LogP contribution in [0.4, 0.5) is 21.6 Å². The van der Waals surface area contributed by atoms with Gasteiger partial charge in [0, 0.05) is 29.1 Å². The van der Waals surface area contributed by atoms with Crippen molar-refractivity contribution in [1.82, 2.24) is 9.97 Å². The van der Waals surface area contributed by atoms with E-state index in [1.54, 1.807) is 48.8 Å². The Morgan fingerprint density at radius 2 is 1.44 bits per heavy atom. The van der Waals surface area contributed by atoms with Gasteiger partial charge in [0.15, 0.2) is 11.5 Å². The van der Waals surface area contributed by atoms with Gasteiger partial charge in [-0.15, -0.1) is 0 Å². The summed E-state index contributed by atoms with van der Waals surface area (Å²) in [5.74, 6) is 1.41. The zero-order valence-corrected chi connectivity index (χ0v) is 20.5. The lowest BCUT2D eigenvalue weighted by molar-refractivity contribution is 0.324. The van der Waals surface area contributed by atoms with E-state index in [2.05, 4.69) is 20.0 Å². The van der Waals surface area contributed by atoms with Gasteiger partial charge >= 0.3 is 0 Å². The molecule has 0 radical (unpaired) electrons. The lowest BCUT2D eigenvalue weighted by Crippen LogP contribution is -2.12. The number of halogens is 1. The second-order valence-corrected chi connectivity index (χ2v) is 9.15. The zero-order chi connectivity index (χ0) is 25.7. The van der Waals surface area contributed by atoms with Crippen LogP contribution in [0.25, 0.3) is 11.3 Å². The highest BCUT2D eigenvalue weighted by molar-refractivity contribution is 7.92. The molecule has 0 atom stereocenters. The minimum atomic E-state index is -3.85. The molecule has 0 aliphatic carbocycles. The summed E-state index contributed by atoms with van der Waals surface area (Å²) in [7, 11) is 0.745. The van der Waals surface area contributed by atoms with Crippen LogP contribution < -0.4 is 24.2 Å². The molecule has 4 rings (SSSR count). The molecule has 11 heteroatoms. The van der Waals surface area contributed by atoms with Crippen LogP contribution in [0.3, 0.4) is 0 Å². The second kappa shape index (κ2) is 10.5. The van der Waals surface area contributed by atoms with E-state index in [0.29, 0.717) is 40.1 Å². The topological polar surface area (TPSA) is 112 Å². The first kappa shape index (κ1) is 24.7. The summed E-state index contributed by atoms with van der Waals surface area (Å²) in [5, 5.41) is 3.17. The largest absolute Gasteiger partial charge is 0.493 e. The van der Waals surface area contributed by atoms with Crippen molar-refractivity contribution in [3.63, 3.8) is 0 Å². The molecule has 0 aliphatic heterocycles. The van der Waals surface area contributed by atoms with Gasteiger partial charge in [-0.25, -0.2) is 17.8 Å². The number of benzene rings is 3. The van der Waals surface area contributed by atoms with Crippen LogP contribution >= 0.6 is 0 Å². The molecule has 3 aromatic carbocycles. The van der Waals surface area contributed by atoms with Gasteiger partial charge in [-0.2, -0.15) is 0 Å². The minimum Gasteiger partial charge on any atom is -0.493 e. The number of hydrogen-bond acceptors (Lipinski definition) is 8. The fourth-order valence-electron chi connectivity index (χ4n) is 3.40. The SMILES string of the molecule is COc1cc(Nc2cncc(-c3ccc(NS(=O)(=O)c4ccc(F)cc4)cc3)n2)cc(OC)c1OC. The maximum absolute atomic E-state index is 13.1. The molecule has 4 aromatic rings. The lowest BCUT2D eigenvalue weighted by atomic mass is 10.1. The first-order valence-electron chi connectivity index (χ1n) is 10.6. The van der Waals surface area contributed by atoms with Gasteiger partial charge in [-0.3, -0.25) is 9.71 Å². The third-order valence-electron chi connectivity index (χ3n) is 5.13. The maximum Gasteiger partial charge on any atom is 0.261 e. The van der Waals surface area contributed by atoms with Gasteiger partial charge in [0.2, 0.25) is 5.75 Å². The normalized spacial score (nSPS) is 11.0. The summed E-state index contributed by atoms with van der Waals surface area (Å²) in [4.78, 5) is 8.80. The molecule has 1 aromatic heterocycles. The van der Waals surface area contributed by atoms with Crippen molar-refractivity contribution in [2.45, 2.75) is 4.90 Å². The highest BCUT2D eigenvalue weighted by atomic mass is 32.2. The Hall–Kier alpha value is -4.38. The van der Waals surface area contributed by atoms with Gasteiger partial charge in [0.25, 0.3) is 10.0 Å². The Kier molecular flexibility index (Phi) is 7.20. The van der Waals surface area contributed by atoms with Crippen molar-refractivity contribution in [3.05, 3.63) is 78.9 Å². The van der Waals surface area contributed by atoms with E-state index >= 15 is 0 Å². The predicted octanol–water partition coefficient (Wildman–Crippen LogP) is 4.85. The summed E-state index contributed by atoms with van der Waals surface area (Å²) in [6.45, 7) is 0. The van der Waals surface area contributed by atoms with Crippen molar-refractivity contribution in [3.8, 4) is 28.5 Å². The molecule has 0 saturated heterocycles. The van der Waals surface area contributed by atoms with E-state index in [9.17, 15) is 12.8 Å². The standard InChI is InChI=1S/C25H23FN4O5S/c1-33-22-12-19(13-23(34-2)25(22)35-3)28-24-15-27-14-21(29-24)16-4-8-18(9-5-16)30-36(31,32)20-10-6-17(26)7-11-20/h4-15,30H,1-3H3,(H,28,29). The first-order chi connectivity index (χ1) is 17.3. The quantitative estimate of drug-likeness (QED) is 0.329. The molecule has 2 N–H and O–H groups in total. The van der Waals surface area contributed by atoms with Crippen LogP contribution in [0.15, 0.2) is 78.0 Å². The molecule has 9 nitrogen and oxygen atoms in total. The molecule has 36 heavy (non-hydrogen) atoms. The van der Waals surface area contributed by atoms with Crippen molar-refractivity contribution in [2.24, 2.45) is 0 Å². The van der Waals surface area contributed by atoms with Crippen LogP contribution in [0.1, 0.15) is 0 Å². The summed E-state index contributed by atoms with van der Waals surface area (Å²) >= 11 is 0. The summed E-state index contributed by atoms with van der Waals surface area (Å²) in [5.41, 5.74) is 2.30. The number of methoxy groups -OCH3 is 3. The molecule has 0 saturated carbocycles. The zero-order valence-electron chi connectivity index (χ0n) is 19.7. The molecule has 0 amide bonds. The van der Waals surface area contributed by atoms with E-state index in [1.807, 2.05) is 0 Å². The van der Waals surface area contributed by atoms with Gasteiger partial charge < -0.3 is 19.5 Å². The van der Waals surface area contributed by atoms with Crippen LogP contribution in [0.2, 0.25) is 0 Å². The molecule has 0 bridgehead atoms. The number of aromatic nitrogens is 2. The second-order valence-electron chi connectivity index (χ2n) is 7.47. The number of rotatable bonds is 9. The smallest absolute Gasteiger partial charge is 0.261 e. The first-order valence-corrected chi connectivity index (χ1v) is 12.1. The summed E-state index contributed by atoms with van der Waals surface area (Å²) in [6, 6.07) is 14.7. The average molecular weight is 511 g/mol. The van der Waals surface area contributed by atoms with Crippen molar-refractivity contribution < 1.29 is 27.0 Å². The van der Waals surface area contributed by atoms with Crippen molar-refractivity contribution in [2.75, 3.05) is 31.4 Å². The monoisotopic (exact) mass is 510 g/mol. The number of hydrogen-bond donors (Lipinski definition) is 2. The number of nitrogens with zero attached hydrogens (tertiary/aromatic N) is 2. The fourth-order valence-corrected chi connectivity index (χ4v) is 4.46. The molecule has 186 valence electrons. The van der Waals surface area contributed by atoms with Gasteiger partial charge in [-0.05, 0) is 36.4 Å². The third-order valence-corrected chi connectivity index (χ3v) is 6.53. The molecule has 1 heterocycles. The van der Waals surface area contributed by atoms with Gasteiger partial charge in [0.05, 0.1) is 44.3 Å². The number of ether oxygens (including phenoxy) is 3. The Labute approximate surface area is 208 Å². The molecule has 0 aliphatic rings. The van der Waals surface area contributed by atoms with E-state index in [1.165, 1.54) is 33.5 Å². The maximum atomic E-state index is 13.1. The Bertz CT molecular complexity index is 1440. The van der Waals surface area contributed by atoms with Gasteiger partial charge in [0.1, 0.15) is 11.6 Å². The number of sulfonamides is 1. The lowest BCUT2D eigenvalue weighted by Gasteiger charge is -2.15. The number of anilines is 3. The number of nitrogens with one attached hydrogen (secondary N) is 2. The van der Waals surface area contributed by atoms with Crippen LogP contribution in [-0.4, -0.2) is 39.7 Å². The summed E-state index contributed by atoms with van der Waals surface area (Å²) in [6.07, 6.45) is 3.16. The Balaban J connectivity index is 1.53. The Morgan fingerprint density at radius 1 is 0.806 bits per heavy atom. The van der Waals surface area contributed by atoms with Crippen molar-refractivity contribution >= 4 is 27.2 Å². The highest BCUT2D eigenvalue weighted by Crippen LogP contribution is 2.40. The van der Waals surface area contributed by atoms with Crippen molar-refractivity contribution in [1.29, 1.82) is 0 Å². The van der Waals surface area contributed by atoms with Crippen LogP contribution in [0, 0.1) is 5.82 Å². The third kappa shape index (κ3) is 5.47. The molecular formula is C25H23FN4O5S. The average Bonchev–Trinajstić information content (AvgIpc) is 2.88. The van der Waals surface area contributed by atoms with E-state index in [0.717, 1.165) is 17.7 Å². The van der Waals surface area contributed by atoms with E-state index < -0.39 is 15.8 Å². The summed E-state index contributed by atoms with van der Waals surface area (Å²) < 4.78 is 56.8. The molecule has 0 spiro atoms. The van der Waals surface area contributed by atoms with E-state index in [4.69, 9.17) is 14.2 Å². The van der Waals surface area contributed by atoms with Gasteiger partial charge in [-0.1, -0.05) is 12.1 Å². The molecular weight excluding hydrogens is 487 g/mol. The van der Waals surface area contributed by atoms with Crippen LogP contribution in [-0.2, 0) is 10.0 Å². The predicted molar refractivity (Wildman–Crippen MR) is 134 cm³/mol. The highest BCUT2D eigenvalue weighted by Gasteiger charge is 2.15. The molecule has 0 unspecified atom stereocenters. The fraction of sp³-hybridized carbons (Fsp3) is 0.120.